The molecule has 1 aliphatic heterocycles. The molecule has 0 aromatic heterocycles. The fraction of sp³-hybridized carbons (Fsp3) is 0.500. The van der Waals surface area contributed by atoms with Gasteiger partial charge in [0.15, 0.2) is 0 Å². The molecule has 2 nitrogen and oxygen atoms in total. The number of anilines is 1. The van der Waals surface area contributed by atoms with Crippen molar-refractivity contribution >= 4 is 5.69 Å². The molecule has 0 fully saturated rings. The van der Waals surface area contributed by atoms with Crippen LogP contribution in [0.25, 0.3) is 0 Å². The number of hydrogen-bond acceptors (Lipinski definition) is 2. The Bertz CT molecular complexity index is 352. The predicted molar refractivity (Wildman–Crippen MR) is 57.2 cm³/mol. The van der Waals surface area contributed by atoms with Crippen molar-refractivity contribution in [2.45, 2.75) is 25.7 Å². The molecule has 74 valence electrons. The van der Waals surface area contributed by atoms with E-state index in [9.17, 15) is 0 Å². The number of benzene rings is 1. The summed E-state index contributed by atoms with van der Waals surface area (Å²) >= 11 is 0. The van der Waals surface area contributed by atoms with Crippen LogP contribution in [0.1, 0.15) is 23.1 Å². The van der Waals surface area contributed by atoms with Gasteiger partial charge in [0.2, 0.25) is 0 Å². The molecule has 1 N–H and O–H groups in total. The molecule has 2 aliphatic rings. The van der Waals surface area contributed by atoms with E-state index in [1.165, 1.54) is 41.6 Å². The Labute approximate surface area is 84.3 Å². The third-order valence-corrected chi connectivity index (χ3v) is 3.33. The maximum Gasteiger partial charge on any atom is 0.124 e. The SMILES string of the molecule is CNc1c2c(cc3c1CCO3)CCC2. The Hall–Kier alpha value is -1.18. The van der Waals surface area contributed by atoms with Crippen molar-refractivity contribution in [3.05, 3.63) is 22.8 Å². The minimum atomic E-state index is 0.854. The quantitative estimate of drug-likeness (QED) is 0.731. The van der Waals surface area contributed by atoms with Crippen LogP contribution in [0.5, 0.6) is 5.75 Å². The number of hydrogen-bond donors (Lipinski definition) is 1. The highest BCUT2D eigenvalue weighted by atomic mass is 16.5. The summed E-state index contributed by atoms with van der Waals surface area (Å²) in [5, 5.41) is 3.35. The van der Waals surface area contributed by atoms with Gasteiger partial charge in [-0.3, -0.25) is 0 Å². The first kappa shape index (κ1) is 8.16. The van der Waals surface area contributed by atoms with Crippen LogP contribution in [0, 0.1) is 0 Å². The van der Waals surface area contributed by atoms with E-state index in [0.717, 1.165) is 18.8 Å². The first-order chi connectivity index (χ1) is 6.90. The van der Waals surface area contributed by atoms with Crippen molar-refractivity contribution < 1.29 is 4.74 Å². The highest BCUT2D eigenvalue weighted by Crippen LogP contribution is 2.40. The summed E-state index contributed by atoms with van der Waals surface area (Å²) in [7, 11) is 2.02. The van der Waals surface area contributed by atoms with Crippen LogP contribution in [-0.2, 0) is 19.3 Å². The van der Waals surface area contributed by atoms with Gasteiger partial charge in [0, 0.05) is 24.7 Å². The molecular weight excluding hydrogens is 174 g/mol. The lowest BCUT2D eigenvalue weighted by atomic mass is 10.0. The van der Waals surface area contributed by atoms with E-state index in [1.807, 2.05) is 7.05 Å². The molecule has 0 unspecified atom stereocenters. The van der Waals surface area contributed by atoms with E-state index in [-0.39, 0.29) is 0 Å². The highest BCUT2D eigenvalue weighted by Gasteiger charge is 2.24. The minimum absolute atomic E-state index is 0.854. The van der Waals surface area contributed by atoms with Crippen LogP contribution in [0.2, 0.25) is 0 Å². The molecule has 1 aromatic rings. The Morgan fingerprint density at radius 3 is 3.00 bits per heavy atom. The van der Waals surface area contributed by atoms with Crippen molar-refractivity contribution in [1.29, 1.82) is 0 Å². The van der Waals surface area contributed by atoms with Crippen LogP contribution in [-0.4, -0.2) is 13.7 Å². The lowest BCUT2D eigenvalue weighted by molar-refractivity contribution is 0.356. The van der Waals surface area contributed by atoms with Crippen LogP contribution in [0.3, 0.4) is 0 Å². The summed E-state index contributed by atoms with van der Waals surface area (Å²) in [6.07, 6.45) is 4.82. The third kappa shape index (κ3) is 0.969. The van der Waals surface area contributed by atoms with Crippen LogP contribution in [0.15, 0.2) is 6.07 Å². The average molecular weight is 189 g/mol. The minimum Gasteiger partial charge on any atom is -0.493 e. The molecule has 0 saturated heterocycles. The summed E-state index contributed by atoms with van der Waals surface area (Å²) < 4.78 is 5.63. The zero-order valence-corrected chi connectivity index (χ0v) is 8.52. The van der Waals surface area contributed by atoms with Gasteiger partial charge in [0.05, 0.1) is 6.61 Å². The summed E-state index contributed by atoms with van der Waals surface area (Å²) in [5.41, 5.74) is 5.78. The van der Waals surface area contributed by atoms with Gasteiger partial charge in [0.25, 0.3) is 0 Å². The molecule has 0 radical (unpaired) electrons. The van der Waals surface area contributed by atoms with Crippen LogP contribution < -0.4 is 10.1 Å². The van der Waals surface area contributed by atoms with Gasteiger partial charge in [-0.15, -0.1) is 0 Å². The van der Waals surface area contributed by atoms with Gasteiger partial charge in [-0.2, -0.15) is 0 Å². The first-order valence-electron chi connectivity index (χ1n) is 5.38. The van der Waals surface area contributed by atoms with E-state index in [0.29, 0.717) is 0 Å². The molecule has 1 aromatic carbocycles. The maximum absolute atomic E-state index is 5.63. The van der Waals surface area contributed by atoms with Gasteiger partial charge >= 0.3 is 0 Å². The summed E-state index contributed by atoms with van der Waals surface area (Å²) in [4.78, 5) is 0. The zero-order chi connectivity index (χ0) is 9.54. The van der Waals surface area contributed by atoms with E-state index in [1.54, 1.807) is 0 Å². The Morgan fingerprint density at radius 2 is 2.14 bits per heavy atom. The van der Waals surface area contributed by atoms with Crippen LogP contribution >= 0.6 is 0 Å². The van der Waals surface area contributed by atoms with Gasteiger partial charge < -0.3 is 10.1 Å². The Balaban J connectivity index is 2.24. The number of aryl methyl sites for hydroxylation is 1. The molecular formula is C12H15NO. The number of nitrogens with one attached hydrogen (secondary N) is 1. The Kier molecular flexibility index (Phi) is 1.69. The summed E-state index contributed by atoms with van der Waals surface area (Å²) in [6.45, 7) is 0.854. The second kappa shape index (κ2) is 2.91. The summed E-state index contributed by atoms with van der Waals surface area (Å²) in [5.74, 6) is 1.12. The first-order valence-corrected chi connectivity index (χ1v) is 5.38. The average Bonchev–Trinajstić information content (AvgIpc) is 2.80. The monoisotopic (exact) mass is 189 g/mol. The molecule has 14 heavy (non-hydrogen) atoms. The largest absolute Gasteiger partial charge is 0.493 e. The van der Waals surface area contributed by atoms with E-state index >= 15 is 0 Å². The molecule has 1 heterocycles. The topological polar surface area (TPSA) is 21.3 Å². The molecule has 3 rings (SSSR count). The lowest BCUT2D eigenvalue weighted by Gasteiger charge is -2.12. The third-order valence-electron chi connectivity index (χ3n) is 3.33. The molecule has 0 amide bonds. The van der Waals surface area contributed by atoms with Crippen molar-refractivity contribution in [2.24, 2.45) is 0 Å². The second-order valence-electron chi connectivity index (χ2n) is 4.07. The maximum atomic E-state index is 5.63. The lowest BCUT2D eigenvalue weighted by Crippen LogP contribution is -1.99. The van der Waals surface area contributed by atoms with Gasteiger partial charge in [-0.25, -0.2) is 0 Å². The van der Waals surface area contributed by atoms with Gasteiger partial charge in [0.1, 0.15) is 5.75 Å². The standard InChI is InChI=1S/C12H15NO/c1-13-12-9-4-2-3-8(9)7-11-10(12)5-6-14-11/h7,13H,2-6H2,1H3. The number of ether oxygens (including phenoxy) is 1. The fourth-order valence-corrected chi connectivity index (χ4v) is 2.70. The van der Waals surface area contributed by atoms with Crippen molar-refractivity contribution in [3.8, 4) is 5.75 Å². The van der Waals surface area contributed by atoms with Gasteiger partial charge in [-0.1, -0.05) is 0 Å². The van der Waals surface area contributed by atoms with E-state index in [2.05, 4.69) is 11.4 Å². The number of rotatable bonds is 1. The molecule has 1 aliphatic carbocycles. The van der Waals surface area contributed by atoms with Crippen LogP contribution in [0.4, 0.5) is 5.69 Å². The molecule has 0 spiro atoms. The molecule has 0 saturated carbocycles. The van der Waals surface area contributed by atoms with Crippen molar-refractivity contribution in [3.63, 3.8) is 0 Å². The predicted octanol–water partition coefficient (Wildman–Crippen LogP) is 2.15. The van der Waals surface area contributed by atoms with Crippen molar-refractivity contribution in [2.75, 3.05) is 19.0 Å². The second-order valence-corrected chi connectivity index (χ2v) is 4.07. The molecule has 0 bridgehead atoms. The number of fused-ring (bicyclic) bond motifs is 2. The smallest absolute Gasteiger partial charge is 0.124 e. The summed E-state index contributed by atoms with van der Waals surface area (Å²) in [6, 6.07) is 2.26. The van der Waals surface area contributed by atoms with Gasteiger partial charge in [-0.05, 0) is 36.5 Å². The molecule has 2 heteroatoms. The highest BCUT2D eigenvalue weighted by molar-refractivity contribution is 5.67. The van der Waals surface area contributed by atoms with Crippen molar-refractivity contribution in [1.82, 2.24) is 0 Å². The Morgan fingerprint density at radius 1 is 1.21 bits per heavy atom. The normalized spacial score (nSPS) is 17.5. The van der Waals surface area contributed by atoms with E-state index in [4.69, 9.17) is 4.74 Å². The fourth-order valence-electron chi connectivity index (χ4n) is 2.70. The zero-order valence-electron chi connectivity index (χ0n) is 8.52. The van der Waals surface area contributed by atoms with E-state index < -0.39 is 0 Å². The molecule has 0 atom stereocenters.